The molecule has 630 valence electrons. The number of Topliss-reactive ketones (excluding diaryl/α,β-unsaturated/α-hetero) is 2. The first kappa shape index (κ1) is 86.0. The number of carbonyl (C=O) groups is 6. The second-order valence-corrected chi connectivity index (χ2v) is 29.9. The van der Waals surface area contributed by atoms with Gasteiger partial charge in [-0.1, -0.05) is 66.5 Å². The summed E-state index contributed by atoms with van der Waals surface area (Å²) in [6, 6.07) is 27.5. The van der Waals surface area contributed by atoms with Gasteiger partial charge in [0, 0.05) is 108 Å². The van der Waals surface area contributed by atoms with Crippen molar-refractivity contribution >= 4 is 93.3 Å². The van der Waals surface area contributed by atoms with E-state index < -0.39 is 53.4 Å². The van der Waals surface area contributed by atoms with Gasteiger partial charge in [0.1, 0.15) is 51.1 Å². The van der Waals surface area contributed by atoms with Crippen LogP contribution in [0.1, 0.15) is 160 Å². The molecule has 0 radical (unpaired) electrons. The van der Waals surface area contributed by atoms with Gasteiger partial charge in [0.25, 0.3) is 23.6 Å². The Bertz CT molecular complexity index is 5390. The van der Waals surface area contributed by atoms with Crippen molar-refractivity contribution in [3.8, 4) is 46.4 Å². The first-order chi connectivity index (χ1) is 57.5. The van der Waals surface area contributed by atoms with E-state index in [1.54, 1.807) is 84.7 Å². The number of ether oxygens (including phenoxy) is 6. The van der Waals surface area contributed by atoms with E-state index in [1.165, 1.54) is 51.7 Å². The lowest BCUT2D eigenvalue weighted by atomic mass is 9.99. The van der Waals surface area contributed by atoms with E-state index in [0.717, 1.165) is 68.7 Å². The van der Waals surface area contributed by atoms with E-state index in [1.807, 2.05) is 31.9 Å². The number of rotatable bonds is 21. The molecule has 120 heavy (non-hydrogen) atoms. The molecule has 3 aromatic heterocycles. The number of halogens is 9. The zero-order valence-electron chi connectivity index (χ0n) is 66.1. The topological polar surface area (TPSA) is 317 Å². The zero-order valence-corrected chi connectivity index (χ0v) is 67.6. The molecule has 6 aliphatic rings. The third-order valence-electron chi connectivity index (χ3n) is 21.4. The van der Waals surface area contributed by atoms with Crippen LogP contribution in [0.3, 0.4) is 0 Å². The average molecular weight is 1700 g/mol. The van der Waals surface area contributed by atoms with Gasteiger partial charge in [0.05, 0.1) is 71.2 Å². The molecule has 36 heteroatoms. The molecule has 3 fully saturated rings. The number of fused-ring (bicyclic) bond motifs is 3. The summed E-state index contributed by atoms with van der Waals surface area (Å²) in [5, 5.41) is 17.4. The summed E-state index contributed by atoms with van der Waals surface area (Å²) in [5.41, 5.74) is 3.90. The molecule has 3 atom stereocenters. The molecule has 0 spiro atoms. The molecule has 0 bridgehead atoms. The Kier molecular flexibility index (Phi) is 26.7. The van der Waals surface area contributed by atoms with Crippen LogP contribution in [0.15, 0.2) is 122 Å². The molecule has 15 rings (SSSR count). The largest absolute Gasteiger partial charge is 0.495 e. The van der Waals surface area contributed by atoms with E-state index in [-0.39, 0.29) is 134 Å². The number of benzene rings is 6. The van der Waals surface area contributed by atoms with Gasteiger partial charge < -0.3 is 75.0 Å². The summed E-state index contributed by atoms with van der Waals surface area (Å²) in [7, 11) is 7.95. The fourth-order valence-electron chi connectivity index (χ4n) is 14.9. The van der Waals surface area contributed by atoms with E-state index in [2.05, 4.69) is 66.7 Å². The fourth-order valence-corrected chi connectivity index (χ4v) is 15.2. The lowest BCUT2D eigenvalue weighted by Crippen LogP contribution is -2.51. The molecule has 0 unspecified atom stereocenters. The van der Waals surface area contributed by atoms with Gasteiger partial charge in [-0.15, -0.1) is 0 Å². The molecule has 27 nitrogen and oxygen atoms in total. The number of nitrogens with zero attached hydrogens (tertiary/aromatic N) is 9. The van der Waals surface area contributed by atoms with Crippen molar-refractivity contribution in [1.29, 1.82) is 0 Å². The van der Waals surface area contributed by atoms with Crippen LogP contribution >= 0.6 is 23.2 Å². The third kappa shape index (κ3) is 19.7. The Morgan fingerprint density at radius 3 is 1.66 bits per heavy atom. The number of aromatic nitrogens is 6. The molecule has 4 amide bonds. The molecule has 7 heterocycles. The predicted molar refractivity (Wildman–Crippen MR) is 431 cm³/mol. The molecule has 6 aromatic carbocycles. The van der Waals surface area contributed by atoms with Crippen LogP contribution in [-0.4, -0.2) is 179 Å². The first-order valence-corrected chi connectivity index (χ1v) is 39.4. The number of hydrogen-bond acceptors (Lipinski definition) is 23. The van der Waals surface area contributed by atoms with Gasteiger partial charge >= 0.3 is 12.4 Å². The maximum atomic E-state index is 14.5. The number of alkyl halides is 7. The van der Waals surface area contributed by atoms with E-state index in [0.29, 0.717) is 95.7 Å². The second kappa shape index (κ2) is 37.2. The van der Waals surface area contributed by atoms with Gasteiger partial charge in [-0.05, 0) is 154 Å². The van der Waals surface area contributed by atoms with Crippen molar-refractivity contribution in [2.24, 2.45) is 0 Å². The first-order valence-electron chi connectivity index (χ1n) is 38.6. The van der Waals surface area contributed by atoms with Gasteiger partial charge in [0.15, 0.2) is 11.6 Å². The van der Waals surface area contributed by atoms with Crippen LogP contribution < -0.4 is 55.6 Å². The van der Waals surface area contributed by atoms with Crippen LogP contribution in [0.2, 0.25) is 10.0 Å². The number of anilines is 6. The molecule has 3 saturated heterocycles. The van der Waals surface area contributed by atoms with Crippen LogP contribution in [0, 0.1) is 0 Å². The highest BCUT2D eigenvalue weighted by atomic mass is 35.5. The SMILES string of the molecule is CCc1cc(C(=O)NC)ccc1Nc1ncc(C(F)(F)F)c(Oc2cccc3c2C(=O)CC3)n1.COc1cc(C(=O)NC2CCN(C3CCOCC3)CC2)ccc1Nc1ncc(C(F)(F)F)c(Oc2cccc3c2C(=O)CC3)n1.COc1cc(C(=O)N[C@H]2CCN(C)C[C@H]2F)c(Cl)cc1Nc1ncc(Cl)c(Oc2cccc3c2C(=O)N(C)[C@H]3C)n1. The smallest absolute Gasteiger partial charge is 0.423 e. The molecule has 2 aliphatic carbocycles. The lowest BCUT2D eigenvalue weighted by Gasteiger charge is -2.39. The van der Waals surface area contributed by atoms with E-state index in [4.69, 9.17) is 51.6 Å². The highest BCUT2D eigenvalue weighted by Crippen LogP contribution is 2.45. The summed E-state index contributed by atoms with van der Waals surface area (Å²) in [4.78, 5) is 106. The molecule has 9 aromatic rings. The number of piperidine rings is 2. The maximum absolute atomic E-state index is 14.5. The Morgan fingerprint density at radius 1 is 0.567 bits per heavy atom. The minimum atomic E-state index is -4.80. The number of ketones is 2. The van der Waals surface area contributed by atoms with Gasteiger partial charge in [-0.2, -0.15) is 41.3 Å². The quantitative estimate of drug-likeness (QED) is 0.0364. The van der Waals surface area contributed by atoms with Crippen molar-refractivity contribution in [2.75, 3.05) is 90.7 Å². The molecule has 4 aliphatic heterocycles. The average Bonchev–Trinajstić information content (AvgIpc) is 1.79. The van der Waals surface area contributed by atoms with Crippen molar-refractivity contribution in [1.82, 2.24) is 60.6 Å². The van der Waals surface area contributed by atoms with Crippen molar-refractivity contribution in [3.05, 3.63) is 199 Å². The number of nitrogens with one attached hydrogen (secondary N) is 6. The Hall–Kier alpha value is -11.9. The highest BCUT2D eigenvalue weighted by Gasteiger charge is 2.41. The number of hydrogen-bond donors (Lipinski definition) is 6. The lowest BCUT2D eigenvalue weighted by molar-refractivity contribution is -0.140. The number of methoxy groups -OCH3 is 2. The monoisotopic (exact) mass is 1700 g/mol. The van der Waals surface area contributed by atoms with Crippen molar-refractivity contribution < 1.29 is 87.9 Å². The standard InChI is InChI=1S/C32H34F3N5O5.C28H29Cl2FN6O4.C24H21F3N4O3/c1-43-27-17-20(29(42)37-21-9-13-40(14-10-21)22-11-15-44-16-12-22)5-7-24(27)38-31-36-18-23(32(33,34)35)30(39-31)45-26-4-2-3-19-6-8-25(41)28(19)26;1-14-15-6-5-7-22(24(15)27(39)37(14)3)41-26-18(30)12-32-28(35-26)34-21-11-17(29)16(10-23(21)40-4)25(38)33-20-8-9-36(2)13-19(20)31;1-3-13-11-15(21(33)28-2)7-9-17(13)30-23-29-12-16(24(25,26)27)22(31-23)34-19-6-4-5-14-8-10-18(32)20(14)19/h2-5,7,17-18,21-22H,6,8-16H2,1H3,(H,37,42)(H,36,38,39);5-7,10-12,14,19-20H,8-9,13H2,1-4H3,(H,33,38)(H,32,34,35);4-7,9,11-12H,3,8,10H2,1-2H3,(H,28,33)(H,29,30,31)/t;14-,19+,20-;/m.0./s1. The molecular weight excluding hydrogens is 1610 g/mol. The van der Waals surface area contributed by atoms with Crippen LogP contribution in [0.4, 0.5) is 65.6 Å². The summed E-state index contributed by atoms with van der Waals surface area (Å²) in [6.45, 7) is 8.18. The summed E-state index contributed by atoms with van der Waals surface area (Å²) < 4.78 is 131. The van der Waals surface area contributed by atoms with Crippen LogP contribution in [-0.2, 0) is 36.4 Å². The second-order valence-electron chi connectivity index (χ2n) is 29.1. The Morgan fingerprint density at radius 2 is 1.09 bits per heavy atom. The minimum Gasteiger partial charge on any atom is -0.495 e. The molecule has 6 N–H and O–H groups in total. The number of likely N-dealkylation sites (tertiary alicyclic amines) is 2. The number of aryl methyl sites for hydroxylation is 3. The maximum Gasteiger partial charge on any atom is 0.423 e. The zero-order chi connectivity index (χ0) is 85.4. The van der Waals surface area contributed by atoms with Crippen molar-refractivity contribution in [3.63, 3.8) is 0 Å². The minimum absolute atomic E-state index is 0.00681. The van der Waals surface area contributed by atoms with Gasteiger partial charge in [-0.3, -0.25) is 28.8 Å². The van der Waals surface area contributed by atoms with E-state index in [9.17, 15) is 59.5 Å². The summed E-state index contributed by atoms with van der Waals surface area (Å²) in [6.07, 6.45) is -1.73. The predicted octanol–water partition coefficient (Wildman–Crippen LogP) is 15.9. The fraction of sp³-hybridized carbons (Fsp3) is 0.357. The number of amides is 4. The van der Waals surface area contributed by atoms with Gasteiger partial charge in [-0.25, -0.2) is 19.3 Å². The van der Waals surface area contributed by atoms with Gasteiger partial charge in [0.2, 0.25) is 35.5 Å². The third-order valence-corrected chi connectivity index (χ3v) is 22.0. The van der Waals surface area contributed by atoms with Crippen molar-refractivity contribution in [2.45, 2.75) is 121 Å². The Balaban J connectivity index is 0.000000157. The normalized spacial score (nSPS) is 17.4. The highest BCUT2D eigenvalue weighted by molar-refractivity contribution is 6.34. The molecular formula is C84H84Cl2F7N15O12. The summed E-state index contributed by atoms with van der Waals surface area (Å²) in [5.74, 6) is -2.25. The Labute approximate surface area is 694 Å². The van der Waals surface area contributed by atoms with Crippen LogP contribution in [0.25, 0.3) is 0 Å². The van der Waals surface area contributed by atoms with E-state index >= 15 is 0 Å². The molecule has 0 saturated carbocycles. The summed E-state index contributed by atoms with van der Waals surface area (Å²) >= 11 is 12.8. The number of carbonyl (C=O) groups excluding carboxylic acids is 6. The van der Waals surface area contributed by atoms with Crippen LogP contribution in [0.5, 0.6) is 46.4 Å².